The van der Waals surface area contributed by atoms with Gasteiger partial charge in [-0.15, -0.1) is 0 Å². The smallest absolute Gasteiger partial charge is 0.335 e. The second-order valence-corrected chi connectivity index (χ2v) is 8.01. The SMILES string of the molecule is CC(C)(C)C.O=C(O)c1ccccc1.O=C(O)c1ccccc1.O=C(O)c1ccccc1. The van der Waals surface area contributed by atoms with Crippen LogP contribution in [0.1, 0.15) is 58.8 Å². The molecular formula is C26H30O6. The number of carboxylic acids is 3. The molecule has 0 bridgehead atoms. The lowest BCUT2D eigenvalue weighted by Crippen LogP contribution is -1.93. The summed E-state index contributed by atoms with van der Waals surface area (Å²) >= 11 is 0. The summed E-state index contributed by atoms with van der Waals surface area (Å²) in [5.41, 5.74) is 1.49. The minimum Gasteiger partial charge on any atom is -0.478 e. The minimum atomic E-state index is -0.879. The van der Waals surface area contributed by atoms with Crippen molar-refractivity contribution >= 4 is 17.9 Å². The van der Waals surface area contributed by atoms with Gasteiger partial charge in [0.25, 0.3) is 0 Å². The van der Waals surface area contributed by atoms with Crippen molar-refractivity contribution in [2.24, 2.45) is 5.41 Å². The molecule has 0 aliphatic heterocycles. The van der Waals surface area contributed by atoms with Gasteiger partial charge in [0, 0.05) is 0 Å². The molecule has 3 aromatic carbocycles. The summed E-state index contributed by atoms with van der Waals surface area (Å²) in [5, 5.41) is 25.2. The van der Waals surface area contributed by atoms with Crippen molar-refractivity contribution in [2.75, 3.05) is 0 Å². The van der Waals surface area contributed by atoms with E-state index in [9.17, 15) is 14.4 Å². The summed E-state index contributed by atoms with van der Waals surface area (Å²) in [6, 6.07) is 24.9. The van der Waals surface area contributed by atoms with Crippen molar-refractivity contribution in [3.05, 3.63) is 108 Å². The average Bonchev–Trinajstić information content (AvgIpc) is 2.75. The quantitative estimate of drug-likeness (QED) is 0.448. The summed E-state index contributed by atoms with van der Waals surface area (Å²) in [6.07, 6.45) is 0. The fourth-order valence-electron chi connectivity index (χ4n) is 1.74. The van der Waals surface area contributed by atoms with Gasteiger partial charge >= 0.3 is 17.9 Å². The molecule has 0 saturated carbocycles. The molecule has 6 heteroatoms. The van der Waals surface area contributed by atoms with E-state index in [0.29, 0.717) is 22.1 Å². The van der Waals surface area contributed by atoms with Crippen molar-refractivity contribution in [3.8, 4) is 0 Å². The lowest BCUT2D eigenvalue weighted by atomic mass is 10.0. The van der Waals surface area contributed by atoms with Gasteiger partial charge in [-0.05, 0) is 41.8 Å². The van der Waals surface area contributed by atoms with Crippen molar-refractivity contribution in [1.29, 1.82) is 0 Å². The zero-order valence-corrected chi connectivity index (χ0v) is 18.7. The Balaban J connectivity index is 0.000000410. The van der Waals surface area contributed by atoms with Crippen LogP contribution < -0.4 is 0 Å². The fourth-order valence-corrected chi connectivity index (χ4v) is 1.74. The van der Waals surface area contributed by atoms with Crippen molar-refractivity contribution in [1.82, 2.24) is 0 Å². The molecule has 0 fully saturated rings. The van der Waals surface area contributed by atoms with Gasteiger partial charge in [0.1, 0.15) is 0 Å². The van der Waals surface area contributed by atoms with Crippen LogP contribution >= 0.6 is 0 Å². The van der Waals surface area contributed by atoms with Crippen LogP contribution in [0.5, 0.6) is 0 Å². The largest absolute Gasteiger partial charge is 0.478 e. The molecule has 0 heterocycles. The Hall–Kier alpha value is -3.93. The Kier molecular flexibility index (Phi) is 13.1. The average molecular weight is 439 g/mol. The van der Waals surface area contributed by atoms with Gasteiger partial charge in [-0.3, -0.25) is 0 Å². The molecule has 170 valence electrons. The maximum absolute atomic E-state index is 10.2. The van der Waals surface area contributed by atoms with E-state index >= 15 is 0 Å². The summed E-state index contributed by atoms with van der Waals surface area (Å²) in [4.78, 5) is 30.6. The molecule has 0 amide bonds. The maximum Gasteiger partial charge on any atom is 0.335 e. The first-order valence-corrected chi connectivity index (χ1v) is 9.77. The highest BCUT2D eigenvalue weighted by atomic mass is 16.4. The fraction of sp³-hybridized carbons (Fsp3) is 0.192. The Labute approximate surface area is 188 Å². The molecule has 0 aromatic heterocycles. The molecule has 3 rings (SSSR count). The maximum atomic E-state index is 10.2. The van der Waals surface area contributed by atoms with Gasteiger partial charge in [0.15, 0.2) is 0 Å². The molecule has 3 aromatic rings. The summed E-state index contributed by atoms with van der Waals surface area (Å²) in [5.74, 6) is -2.64. The van der Waals surface area contributed by atoms with E-state index in [1.165, 1.54) is 0 Å². The molecule has 0 spiro atoms. The lowest BCUT2D eigenvalue weighted by molar-refractivity contribution is 0.0686. The highest BCUT2D eigenvalue weighted by Crippen LogP contribution is 2.08. The molecule has 32 heavy (non-hydrogen) atoms. The van der Waals surface area contributed by atoms with Crippen molar-refractivity contribution < 1.29 is 29.7 Å². The van der Waals surface area contributed by atoms with E-state index in [1.807, 2.05) is 0 Å². The Bertz CT molecular complexity index is 807. The Morgan fingerprint density at radius 1 is 0.469 bits per heavy atom. The molecule has 0 unspecified atom stereocenters. The van der Waals surface area contributed by atoms with Gasteiger partial charge < -0.3 is 15.3 Å². The number of hydrogen-bond acceptors (Lipinski definition) is 3. The number of aromatic carboxylic acids is 3. The molecule has 3 N–H and O–H groups in total. The first kappa shape index (κ1) is 28.1. The standard InChI is InChI=1S/3C7H6O2.C5H12/c3*8-7(9)6-4-2-1-3-5-6;1-5(2,3)4/h3*1-5H,(H,8,9);1-4H3. The first-order chi connectivity index (χ1) is 14.9. The van der Waals surface area contributed by atoms with Gasteiger partial charge in [-0.2, -0.15) is 0 Å². The number of benzene rings is 3. The molecule has 0 atom stereocenters. The van der Waals surface area contributed by atoms with Crippen LogP contribution in [0.4, 0.5) is 0 Å². The zero-order chi connectivity index (χ0) is 24.6. The van der Waals surface area contributed by atoms with Crippen LogP contribution in [0, 0.1) is 5.41 Å². The molecule has 0 aliphatic rings. The molecular weight excluding hydrogens is 408 g/mol. The Morgan fingerprint density at radius 3 is 0.719 bits per heavy atom. The summed E-state index contributed by atoms with van der Waals surface area (Å²) < 4.78 is 0. The van der Waals surface area contributed by atoms with E-state index in [2.05, 4.69) is 27.7 Å². The second kappa shape index (κ2) is 15.0. The molecule has 0 saturated heterocycles. The number of rotatable bonds is 3. The van der Waals surface area contributed by atoms with Crippen LogP contribution in [-0.2, 0) is 0 Å². The topological polar surface area (TPSA) is 112 Å². The second-order valence-electron chi connectivity index (χ2n) is 8.01. The van der Waals surface area contributed by atoms with Gasteiger partial charge in [0.2, 0.25) is 0 Å². The summed E-state index contributed by atoms with van der Waals surface area (Å²) in [6.45, 7) is 8.75. The third kappa shape index (κ3) is 15.9. The van der Waals surface area contributed by atoms with Gasteiger partial charge in [-0.25, -0.2) is 14.4 Å². The normalized spacial score (nSPS) is 9.38. The van der Waals surface area contributed by atoms with Crippen molar-refractivity contribution in [2.45, 2.75) is 27.7 Å². The van der Waals surface area contributed by atoms with E-state index in [-0.39, 0.29) is 0 Å². The Morgan fingerprint density at radius 2 is 0.625 bits per heavy atom. The van der Waals surface area contributed by atoms with E-state index in [4.69, 9.17) is 15.3 Å². The number of carbonyl (C=O) groups is 3. The highest BCUT2D eigenvalue weighted by molar-refractivity contribution is 5.88. The minimum absolute atomic E-state index is 0.331. The van der Waals surface area contributed by atoms with E-state index in [1.54, 1.807) is 91.0 Å². The third-order valence-electron chi connectivity index (χ3n) is 3.06. The molecule has 0 aliphatic carbocycles. The summed E-state index contributed by atoms with van der Waals surface area (Å²) in [7, 11) is 0. The van der Waals surface area contributed by atoms with Gasteiger partial charge in [-0.1, -0.05) is 82.3 Å². The van der Waals surface area contributed by atoms with Gasteiger partial charge in [0.05, 0.1) is 16.7 Å². The zero-order valence-electron chi connectivity index (χ0n) is 18.7. The highest BCUT2D eigenvalue weighted by Gasteiger charge is 1.98. The van der Waals surface area contributed by atoms with Crippen LogP contribution in [0.15, 0.2) is 91.0 Å². The monoisotopic (exact) mass is 438 g/mol. The third-order valence-corrected chi connectivity index (χ3v) is 3.06. The van der Waals surface area contributed by atoms with E-state index < -0.39 is 17.9 Å². The predicted molar refractivity (Wildman–Crippen MR) is 125 cm³/mol. The van der Waals surface area contributed by atoms with Crippen LogP contribution in [0.25, 0.3) is 0 Å². The van der Waals surface area contributed by atoms with Crippen molar-refractivity contribution in [3.63, 3.8) is 0 Å². The van der Waals surface area contributed by atoms with Crippen LogP contribution in [-0.4, -0.2) is 33.2 Å². The number of carboxylic acid groups (broad SMARTS) is 3. The molecule has 0 radical (unpaired) electrons. The molecule has 6 nitrogen and oxygen atoms in total. The van der Waals surface area contributed by atoms with Crippen LogP contribution in [0.2, 0.25) is 0 Å². The predicted octanol–water partition coefficient (Wildman–Crippen LogP) is 6.21. The van der Waals surface area contributed by atoms with E-state index in [0.717, 1.165) is 0 Å². The number of hydrogen-bond donors (Lipinski definition) is 3. The lowest BCUT2D eigenvalue weighted by Gasteiger charge is -2.05. The first-order valence-electron chi connectivity index (χ1n) is 9.77. The van der Waals surface area contributed by atoms with Crippen LogP contribution in [0.3, 0.4) is 0 Å².